The molecule has 1 fully saturated rings. The van der Waals surface area contributed by atoms with Crippen molar-refractivity contribution in [2.45, 2.75) is 18.1 Å². The highest BCUT2D eigenvalue weighted by Gasteiger charge is 2.76. The van der Waals surface area contributed by atoms with E-state index in [0.29, 0.717) is 5.56 Å². The number of nitrogens with zero attached hydrogens (tertiary/aromatic N) is 1. The van der Waals surface area contributed by atoms with E-state index in [-0.39, 0.29) is 6.61 Å². The molecule has 0 bridgehead atoms. The maximum atomic E-state index is 12.1. The summed E-state index contributed by atoms with van der Waals surface area (Å²) in [6.45, 7) is 1.73. The van der Waals surface area contributed by atoms with E-state index >= 15 is 0 Å². The molecule has 20 heavy (non-hydrogen) atoms. The number of ether oxygens (including phenoxy) is 1. The zero-order valence-electron chi connectivity index (χ0n) is 11.2. The Balaban J connectivity index is 2.50. The van der Waals surface area contributed by atoms with Gasteiger partial charge in [-0.05, 0) is 12.5 Å². The molecule has 5 nitrogen and oxygen atoms in total. The number of esters is 1. The highest BCUT2D eigenvalue weighted by atomic mass is 32.2. The molecule has 0 radical (unpaired) electrons. The summed E-state index contributed by atoms with van der Waals surface area (Å²) >= 11 is 0. The summed E-state index contributed by atoms with van der Waals surface area (Å²) < 4.78 is 28.7. The lowest BCUT2D eigenvalue weighted by Crippen LogP contribution is -2.24. The van der Waals surface area contributed by atoms with Crippen LogP contribution in [0.2, 0.25) is 0 Å². The quantitative estimate of drug-likeness (QED) is 0.780. The molecule has 1 aliphatic rings. The average Bonchev–Trinajstić information content (AvgIpc) is 3.11. The third kappa shape index (κ3) is 2.08. The van der Waals surface area contributed by atoms with Crippen molar-refractivity contribution < 1.29 is 17.9 Å². The van der Waals surface area contributed by atoms with E-state index in [1.54, 1.807) is 37.3 Å². The molecule has 0 spiro atoms. The Morgan fingerprint density at radius 2 is 2.00 bits per heavy atom. The Labute approximate surface area is 118 Å². The number of rotatable bonds is 4. The molecule has 0 saturated heterocycles. The SMILES string of the molecule is CCOC(=O)[C@@]1(C#N)[C@H](S(C)(=O)=O)[C@@H]1c1ccccc1. The molecule has 0 N–H and O–H groups in total. The molecule has 3 atom stereocenters. The van der Waals surface area contributed by atoms with E-state index in [4.69, 9.17) is 4.74 Å². The minimum atomic E-state index is -3.53. The minimum absolute atomic E-state index is 0.111. The molecule has 0 unspecified atom stereocenters. The topological polar surface area (TPSA) is 84.2 Å². The second-order valence-corrected chi connectivity index (χ2v) is 7.01. The van der Waals surface area contributed by atoms with Crippen LogP contribution in [0, 0.1) is 16.7 Å². The van der Waals surface area contributed by atoms with Crippen LogP contribution in [0.25, 0.3) is 0 Å². The first-order chi connectivity index (χ1) is 9.39. The summed E-state index contributed by atoms with van der Waals surface area (Å²) in [6.07, 6.45) is 1.05. The van der Waals surface area contributed by atoms with Gasteiger partial charge in [0.2, 0.25) is 0 Å². The van der Waals surface area contributed by atoms with Gasteiger partial charge in [-0.15, -0.1) is 0 Å². The van der Waals surface area contributed by atoms with Gasteiger partial charge in [0.25, 0.3) is 0 Å². The van der Waals surface area contributed by atoms with Crippen molar-refractivity contribution in [3.05, 3.63) is 35.9 Å². The summed E-state index contributed by atoms with van der Waals surface area (Å²) in [5.74, 6) is -1.42. The molecule has 6 heteroatoms. The predicted octanol–water partition coefficient (Wildman–Crippen LogP) is 1.27. The highest BCUT2D eigenvalue weighted by Crippen LogP contribution is 2.63. The third-order valence-electron chi connectivity index (χ3n) is 3.55. The van der Waals surface area contributed by atoms with Crippen LogP contribution >= 0.6 is 0 Å². The molecule has 1 aliphatic carbocycles. The number of nitriles is 1. The van der Waals surface area contributed by atoms with Crippen LogP contribution in [0.5, 0.6) is 0 Å². The number of carbonyl (C=O) groups excluding carboxylic acids is 1. The standard InChI is InChI=1S/C14H15NO4S/c1-3-19-13(16)14(9-15)11(12(14)20(2,17)18)10-7-5-4-6-8-10/h4-8,11-12H,3H2,1-2H3/t11-,12+,14+/m0/s1. The van der Waals surface area contributed by atoms with Crippen LogP contribution in [0.15, 0.2) is 30.3 Å². The second kappa shape index (κ2) is 4.91. The molecule has 106 valence electrons. The maximum absolute atomic E-state index is 12.1. The second-order valence-electron chi connectivity index (χ2n) is 4.84. The van der Waals surface area contributed by atoms with Crippen LogP contribution in [0.4, 0.5) is 0 Å². The van der Waals surface area contributed by atoms with E-state index in [1.807, 2.05) is 6.07 Å². The first-order valence-corrected chi connectivity index (χ1v) is 8.17. The number of hydrogen-bond donors (Lipinski definition) is 0. The van der Waals surface area contributed by atoms with E-state index < -0.39 is 32.4 Å². The van der Waals surface area contributed by atoms with Crippen molar-refractivity contribution in [2.24, 2.45) is 5.41 Å². The van der Waals surface area contributed by atoms with Crippen LogP contribution < -0.4 is 0 Å². The van der Waals surface area contributed by atoms with Crippen molar-refractivity contribution in [3.63, 3.8) is 0 Å². The number of sulfone groups is 1. The monoisotopic (exact) mass is 293 g/mol. The van der Waals surface area contributed by atoms with Crippen molar-refractivity contribution >= 4 is 15.8 Å². The van der Waals surface area contributed by atoms with Crippen molar-refractivity contribution in [1.29, 1.82) is 5.26 Å². The Bertz CT molecular complexity index is 662. The Hall–Kier alpha value is -1.87. The van der Waals surface area contributed by atoms with E-state index in [1.165, 1.54) is 0 Å². The summed E-state index contributed by atoms with van der Waals surface area (Å²) in [5, 5.41) is 8.36. The Kier molecular flexibility index (Phi) is 3.57. The molecule has 1 saturated carbocycles. The molecule has 0 heterocycles. The molecular weight excluding hydrogens is 278 g/mol. The van der Waals surface area contributed by atoms with Gasteiger partial charge in [-0.2, -0.15) is 5.26 Å². The van der Waals surface area contributed by atoms with Gasteiger partial charge in [0, 0.05) is 12.2 Å². The number of carbonyl (C=O) groups is 1. The fraction of sp³-hybridized carbons (Fsp3) is 0.429. The highest BCUT2D eigenvalue weighted by molar-refractivity contribution is 7.91. The molecule has 1 aromatic rings. The summed E-state index contributed by atoms with van der Waals surface area (Å²) in [5.41, 5.74) is -0.956. The lowest BCUT2D eigenvalue weighted by Gasteiger charge is -2.07. The smallest absolute Gasteiger partial charge is 0.328 e. The Morgan fingerprint density at radius 1 is 1.40 bits per heavy atom. The van der Waals surface area contributed by atoms with Crippen molar-refractivity contribution in [3.8, 4) is 6.07 Å². The van der Waals surface area contributed by atoms with Crippen molar-refractivity contribution in [1.82, 2.24) is 0 Å². The lowest BCUT2D eigenvalue weighted by molar-refractivity contribution is -0.147. The van der Waals surface area contributed by atoms with Gasteiger partial charge in [0.05, 0.1) is 12.7 Å². The fourth-order valence-corrected chi connectivity index (χ4v) is 4.47. The fourth-order valence-electron chi connectivity index (χ4n) is 2.71. The Morgan fingerprint density at radius 3 is 2.45 bits per heavy atom. The lowest BCUT2D eigenvalue weighted by atomic mass is 10.0. The van der Waals surface area contributed by atoms with E-state index in [2.05, 4.69) is 0 Å². The van der Waals surface area contributed by atoms with Crippen LogP contribution in [0.3, 0.4) is 0 Å². The maximum Gasteiger partial charge on any atom is 0.328 e. The van der Waals surface area contributed by atoms with Gasteiger partial charge in [-0.25, -0.2) is 8.42 Å². The van der Waals surface area contributed by atoms with Gasteiger partial charge < -0.3 is 4.74 Å². The number of hydrogen-bond acceptors (Lipinski definition) is 5. The van der Waals surface area contributed by atoms with Crippen LogP contribution in [-0.4, -0.2) is 32.5 Å². The zero-order valence-corrected chi connectivity index (χ0v) is 12.1. The van der Waals surface area contributed by atoms with Crippen LogP contribution in [-0.2, 0) is 19.4 Å². The van der Waals surface area contributed by atoms with Gasteiger partial charge in [0.1, 0.15) is 5.25 Å². The molecule has 0 aromatic heterocycles. The molecule has 2 rings (SSSR count). The van der Waals surface area contributed by atoms with E-state index in [9.17, 15) is 18.5 Å². The number of benzene rings is 1. The van der Waals surface area contributed by atoms with E-state index in [0.717, 1.165) is 6.26 Å². The normalized spacial score (nSPS) is 28.4. The largest absolute Gasteiger partial charge is 0.465 e. The summed E-state index contributed by atoms with van der Waals surface area (Å²) in [6, 6.07) is 10.6. The first-order valence-electron chi connectivity index (χ1n) is 6.21. The van der Waals surface area contributed by atoms with Crippen LogP contribution in [0.1, 0.15) is 18.4 Å². The van der Waals surface area contributed by atoms with Gasteiger partial charge in [-0.1, -0.05) is 30.3 Å². The average molecular weight is 293 g/mol. The van der Waals surface area contributed by atoms with Gasteiger partial charge in [-0.3, -0.25) is 4.79 Å². The van der Waals surface area contributed by atoms with Crippen molar-refractivity contribution in [2.75, 3.05) is 12.9 Å². The summed E-state index contributed by atoms with van der Waals surface area (Å²) in [7, 11) is -3.53. The first kappa shape index (κ1) is 14.5. The minimum Gasteiger partial charge on any atom is -0.465 e. The molecule has 1 aromatic carbocycles. The zero-order chi connectivity index (χ0) is 15.0. The molecular formula is C14H15NO4S. The summed E-state index contributed by atoms with van der Waals surface area (Å²) in [4.78, 5) is 12.1. The van der Waals surface area contributed by atoms with Gasteiger partial charge in [0.15, 0.2) is 15.3 Å². The van der Waals surface area contributed by atoms with Gasteiger partial charge >= 0.3 is 5.97 Å². The third-order valence-corrected chi connectivity index (χ3v) is 5.12. The molecule has 0 amide bonds. The predicted molar refractivity (Wildman–Crippen MR) is 72.5 cm³/mol. The molecule has 0 aliphatic heterocycles.